The van der Waals surface area contributed by atoms with Gasteiger partial charge in [0.15, 0.2) is 0 Å². The van der Waals surface area contributed by atoms with E-state index in [1.54, 1.807) is 0 Å². The summed E-state index contributed by atoms with van der Waals surface area (Å²) in [5.41, 5.74) is 0.147. The Balaban J connectivity index is 2.57. The fraction of sp³-hybridized carbons (Fsp3) is 0.364. The summed E-state index contributed by atoms with van der Waals surface area (Å²) < 4.78 is 29.8. The van der Waals surface area contributed by atoms with Crippen LogP contribution in [0, 0.1) is 0 Å². The van der Waals surface area contributed by atoms with Gasteiger partial charge in [0.1, 0.15) is 11.3 Å². The molecule has 1 aliphatic heterocycles. The van der Waals surface area contributed by atoms with Crippen LogP contribution in [0.2, 0.25) is 5.02 Å². The van der Waals surface area contributed by atoms with Crippen molar-refractivity contribution in [2.24, 2.45) is 0 Å². The van der Waals surface area contributed by atoms with Crippen LogP contribution in [0.25, 0.3) is 0 Å². The van der Waals surface area contributed by atoms with Crippen molar-refractivity contribution in [2.45, 2.75) is 6.42 Å². The molecule has 0 radical (unpaired) electrons. The first-order chi connectivity index (χ1) is 8.86. The maximum Gasteiger partial charge on any atom is 0.339 e. The van der Waals surface area contributed by atoms with Crippen LogP contribution in [0.5, 0.6) is 5.75 Å². The van der Waals surface area contributed by atoms with E-state index in [9.17, 15) is 13.2 Å². The lowest BCUT2D eigenvalue weighted by molar-refractivity contribution is 0.0693. The fourth-order valence-electron chi connectivity index (χ4n) is 1.98. The zero-order valence-corrected chi connectivity index (χ0v) is 11.7. The first kappa shape index (κ1) is 14.0. The van der Waals surface area contributed by atoms with Crippen LogP contribution in [0.1, 0.15) is 16.8 Å². The van der Waals surface area contributed by atoms with Gasteiger partial charge in [-0.1, -0.05) is 11.6 Å². The number of halogens is 1. The Labute approximate surface area is 115 Å². The number of carboxylic acids is 1. The number of sulfonamides is 1. The van der Waals surface area contributed by atoms with Crippen LogP contribution in [-0.4, -0.2) is 38.9 Å². The molecule has 0 bridgehead atoms. The monoisotopic (exact) mass is 305 g/mol. The molecule has 6 nitrogen and oxygen atoms in total. The molecule has 0 aromatic heterocycles. The first-order valence-electron chi connectivity index (χ1n) is 5.48. The summed E-state index contributed by atoms with van der Waals surface area (Å²) in [6.45, 7) is 0.331. The average Bonchev–Trinajstić information content (AvgIpc) is 2.68. The molecule has 0 unspecified atom stereocenters. The summed E-state index contributed by atoms with van der Waals surface area (Å²) in [6, 6.07) is 2.54. The second-order valence-corrected chi connectivity index (χ2v) is 6.47. The second-order valence-electron chi connectivity index (χ2n) is 4.05. The normalized spacial score (nSPS) is 17.5. The van der Waals surface area contributed by atoms with Crippen LogP contribution in [0.4, 0.5) is 5.69 Å². The molecule has 104 valence electrons. The minimum Gasteiger partial charge on any atom is -0.496 e. The van der Waals surface area contributed by atoms with Crippen molar-refractivity contribution < 1.29 is 23.1 Å². The van der Waals surface area contributed by atoms with Crippen LogP contribution < -0.4 is 9.04 Å². The van der Waals surface area contributed by atoms with Gasteiger partial charge < -0.3 is 9.84 Å². The number of anilines is 1. The van der Waals surface area contributed by atoms with Gasteiger partial charge in [0.2, 0.25) is 10.0 Å². The predicted molar refractivity (Wildman–Crippen MR) is 70.7 cm³/mol. The molecule has 1 N–H and O–H groups in total. The highest BCUT2D eigenvalue weighted by Gasteiger charge is 2.31. The summed E-state index contributed by atoms with van der Waals surface area (Å²) in [7, 11) is -2.06. The molecule has 0 atom stereocenters. The maximum atomic E-state index is 11.8. The third kappa shape index (κ3) is 2.48. The van der Waals surface area contributed by atoms with Crippen molar-refractivity contribution in [3.05, 3.63) is 22.7 Å². The number of hydrogen-bond donors (Lipinski definition) is 1. The van der Waals surface area contributed by atoms with Gasteiger partial charge in [-0.05, 0) is 12.5 Å². The molecule has 1 fully saturated rings. The average molecular weight is 306 g/mol. The summed E-state index contributed by atoms with van der Waals surface area (Å²) in [6.07, 6.45) is 0.516. The first-order valence-corrected chi connectivity index (χ1v) is 7.47. The summed E-state index contributed by atoms with van der Waals surface area (Å²) in [4.78, 5) is 11.0. The van der Waals surface area contributed by atoms with E-state index in [0.717, 1.165) is 0 Å². The van der Waals surface area contributed by atoms with Crippen LogP contribution in [-0.2, 0) is 10.0 Å². The zero-order valence-electron chi connectivity index (χ0n) is 10.1. The molecule has 1 heterocycles. The van der Waals surface area contributed by atoms with E-state index >= 15 is 0 Å². The molecular formula is C11H12ClNO5S. The van der Waals surface area contributed by atoms with E-state index in [1.165, 1.54) is 23.5 Å². The molecule has 2 rings (SSSR count). The molecular weight excluding hydrogens is 294 g/mol. The van der Waals surface area contributed by atoms with E-state index in [0.29, 0.717) is 13.0 Å². The van der Waals surface area contributed by atoms with Gasteiger partial charge in [0.25, 0.3) is 0 Å². The maximum absolute atomic E-state index is 11.8. The summed E-state index contributed by atoms with van der Waals surface area (Å²) in [5.74, 6) is -1.05. The number of carboxylic acid groups (broad SMARTS) is 1. The summed E-state index contributed by atoms with van der Waals surface area (Å²) >= 11 is 5.98. The molecule has 0 saturated carbocycles. The van der Waals surface area contributed by atoms with Gasteiger partial charge in [-0.25, -0.2) is 13.2 Å². The van der Waals surface area contributed by atoms with Crippen molar-refractivity contribution in [1.82, 2.24) is 0 Å². The number of methoxy groups -OCH3 is 1. The van der Waals surface area contributed by atoms with Crippen molar-refractivity contribution in [1.29, 1.82) is 0 Å². The molecule has 1 saturated heterocycles. The Bertz CT molecular complexity index is 628. The van der Waals surface area contributed by atoms with E-state index < -0.39 is 16.0 Å². The summed E-state index contributed by atoms with van der Waals surface area (Å²) in [5, 5.41) is 9.08. The highest BCUT2D eigenvalue weighted by molar-refractivity contribution is 7.93. The Kier molecular flexibility index (Phi) is 3.60. The van der Waals surface area contributed by atoms with Gasteiger partial charge >= 0.3 is 5.97 Å². The minimum absolute atomic E-state index is 0.0618. The largest absolute Gasteiger partial charge is 0.496 e. The van der Waals surface area contributed by atoms with Crippen molar-refractivity contribution in [3.63, 3.8) is 0 Å². The minimum atomic E-state index is -3.37. The van der Waals surface area contributed by atoms with Crippen LogP contribution >= 0.6 is 11.6 Å². The third-order valence-electron chi connectivity index (χ3n) is 2.87. The number of rotatable bonds is 3. The molecule has 1 aliphatic rings. The smallest absolute Gasteiger partial charge is 0.339 e. The molecule has 0 aliphatic carbocycles. The van der Waals surface area contributed by atoms with Gasteiger partial charge in [0.05, 0.1) is 23.6 Å². The third-order valence-corrected chi connectivity index (χ3v) is 5.03. The Morgan fingerprint density at radius 2 is 2.16 bits per heavy atom. The SMILES string of the molecule is COc1cc(N2CCCS2(=O)=O)c(Cl)cc1C(=O)O. The number of nitrogens with zero attached hydrogens (tertiary/aromatic N) is 1. The number of ether oxygens (including phenoxy) is 1. The number of hydrogen-bond acceptors (Lipinski definition) is 4. The van der Waals surface area contributed by atoms with E-state index in [4.69, 9.17) is 21.4 Å². The Morgan fingerprint density at radius 3 is 2.63 bits per heavy atom. The van der Waals surface area contributed by atoms with Gasteiger partial charge in [-0.15, -0.1) is 0 Å². The fourth-order valence-corrected chi connectivity index (χ4v) is 3.87. The number of carbonyl (C=O) groups is 1. The lowest BCUT2D eigenvalue weighted by Crippen LogP contribution is -2.25. The quantitative estimate of drug-likeness (QED) is 0.916. The molecule has 0 spiro atoms. The number of benzene rings is 1. The highest BCUT2D eigenvalue weighted by Crippen LogP contribution is 2.36. The van der Waals surface area contributed by atoms with Gasteiger partial charge in [-0.2, -0.15) is 0 Å². The van der Waals surface area contributed by atoms with Gasteiger partial charge in [-0.3, -0.25) is 4.31 Å². The Hall–Kier alpha value is -1.47. The molecule has 0 amide bonds. The molecule has 8 heteroatoms. The molecule has 1 aromatic carbocycles. The molecule has 1 aromatic rings. The van der Waals surface area contributed by atoms with Crippen LogP contribution in [0.3, 0.4) is 0 Å². The van der Waals surface area contributed by atoms with Crippen molar-refractivity contribution in [3.8, 4) is 5.75 Å². The lowest BCUT2D eigenvalue weighted by Gasteiger charge is -2.19. The standard InChI is InChI=1S/C11H12ClNO5S/c1-18-10-6-9(8(12)5-7(10)11(14)15)13-3-2-4-19(13,16)17/h5-6H,2-4H2,1H3,(H,14,15). The number of aromatic carboxylic acids is 1. The van der Waals surface area contributed by atoms with Crippen molar-refractivity contribution in [2.75, 3.05) is 23.7 Å². The van der Waals surface area contributed by atoms with Crippen LogP contribution in [0.15, 0.2) is 12.1 Å². The molecule has 19 heavy (non-hydrogen) atoms. The lowest BCUT2D eigenvalue weighted by atomic mass is 10.1. The van der Waals surface area contributed by atoms with E-state index in [2.05, 4.69) is 0 Å². The predicted octanol–water partition coefficient (Wildman–Crippen LogP) is 1.59. The Morgan fingerprint density at radius 1 is 1.47 bits per heavy atom. The van der Waals surface area contributed by atoms with Gasteiger partial charge in [0, 0.05) is 12.6 Å². The topological polar surface area (TPSA) is 83.9 Å². The van der Waals surface area contributed by atoms with Crippen molar-refractivity contribution >= 4 is 33.3 Å². The second kappa shape index (κ2) is 4.90. The van der Waals surface area contributed by atoms with E-state index in [-0.39, 0.29) is 27.8 Å². The van der Waals surface area contributed by atoms with E-state index in [1.807, 2.05) is 0 Å². The highest BCUT2D eigenvalue weighted by atomic mass is 35.5. The zero-order chi connectivity index (χ0) is 14.2.